The van der Waals surface area contributed by atoms with Gasteiger partial charge < -0.3 is 14.4 Å². The first-order valence-electron chi connectivity index (χ1n) is 7.14. The molecule has 0 aliphatic carbocycles. The van der Waals surface area contributed by atoms with Gasteiger partial charge >= 0.3 is 0 Å². The fraction of sp³-hybridized carbons (Fsp3) is 0.562. The summed E-state index contributed by atoms with van der Waals surface area (Å²) in [5.41, 5.74) is 0.867. The molecule has 1 aromatic carbocycles. The van der Waals surface area contributed by atoms with Crippen molar-refractivity contribution in [3.05, 3.63) is 23.8 Å². The Balaban J connectivity index is 2.82. The molecule has 0 saturated carbocycles. The summed E-state index contributed by atoms with van der Waals surface area (Å²) in [6, 6.07) is 5.54. The van der Waals surface area contributed by atoms with E-state index in [-0.39, 0.29) is 5.91 Å². The fourth-order valence-electron chi connectivity index (χ4n) is 2.10. The highest BCUT2D eigenvalue weighted by molar-refractivity contribution is 5.79. The Morgan fingerprint density at radius 1 is 1.20 bits per heavy atom. The summed E-state index contributed by atoms with van der Waals surface area (Å²) < 4.78 is 10.5. The van der Waals surface area contributed by atoms with Crippen molar-refractivity contribution in [2.75, 3.05) is 27.3 Å². The highest BCUT2D eigenvalue weighted by Crippen LogP contribution is 2.24. The minimum atomic E-state index is 0.132. The molecule has 20 heavy (non-hydrogen) atoms. The van der Waals surface area contributed by atoms with Crippen molar-refractivity contribution in [2.24, 2.45) is 0 Å². The number of methoxy groups -OCH3 is 2. The maximum absolute atomic E-state index is 12.3. The van der Waals surface area contributed by atoms with Gasteiger partial charge in [0.1, 0.15) is 11.5 Å². The first kappa shape index (κ1) is 16.3. The van der Waals surface area contributed by atoms with Crippen molar-refractivity contribution in [3.63, 3.8) is 0 Å². The van der Waals surface area contributed by atoms with E-state index in [1.165, 1.54) is 0 Å². The largest absolute Gasteiger partial charge is 0.497 e. The van der Waals surface area contributed by atoms with Gasteiger partial charge in [-0.2, -0.15) is 0 Å². The number of hydrogen-bond donors (Lipinski definition) is 0. The van der Waals surface area contributed by atoms with E-state index < -0.39 is 0 Å². The number of hydrogen-bond acceptors (Lipinski definition) is 3. The van der Waals surface area contributed by atoms with E-state index in [2.05, 4.69) is 6.92 Å². The zero-order valence-electron chi connectivity index (χ0n) is 12.9. The lowest BCUT2D eigenvalue weighted by Gasteiger charge is -2.21. The minimum absolute atomic E-state index is 0.132. The smallest absolute Gasteiger partial charge is 0.227 e. The summed E-state index contributed by atoms with van der Waals surface area (Å²) in [7, 11) is 3.23. The van der Waals surface area contributed by atoms with E-state index in [0.29, 0.717) is 6.42 Å². The molecule has 0 atom stereocenters. The van der Waals surface area contributed by atoms with Crippen LogP contribution in [0.5, 0.6) is 11.5 Å². The van der Waals surface area contributed by atoms with Gasteiger partial charge in [-0.1, -0.05) is 13.3 Å². The molecule has 1 amide bonds. The van der Waals surface area contributed by atoms with E-state index in [0.717, 1.165) is 43.0 Å². The van der Waals surface area contributed by atoms with Crippen molar-refractivity contribution in [1.29, 1.82) is 0 Å². The van der Waals surface area contributed by atoms with Crippen molar-refractivity contribution in [2.45, 2.75) is 33.1 Å². The number of unbranched alkanes of at least 4 members (excludes halogenated alkanes) is 1. The lowest BCUT2D eigenvalue weighted by molar-refractivity contribution is -0.130. The van der Waals surface area contributed by atoms with Gasteiger partial charge in [0.2, 0.25) is 5.91 Å². The quantitative estimate of drug-likeness (QED) is 0.734. The molecular formula is C16H25NO3. The molecule has 1 rings (SSSR count). The van der Waals surface area contributed by atoms with Crippen LogP contribution in [-0.4, -0.2) is 38.1 Å². The summed E-state index contributed by atoms with van der Waals surface area (Å²) in [5, 5.41) is 0. The second-order valence-corrected chi connectivity index (χ2v) is 4.68. The fourth-order valence-corrected chi connectivity index (χ4v) is 2.10. The Bertz CT molecular complexity index is 432. The van der Waals surface area contributed by atoms with Crippen LogP contribution in [0.15, 0.2) is 18.2 Å². The molecule has 0 N–H and O–H groups in total. The van der Waals surface area contributed by atoms with Gasteiger partial charge in [0.25, 0.3) is 0 Å². The zero-order valence-corrected chi connectivity index (χ0v) is 12.9. The second-order valence-electron chi connectivity index (χ2n) is 4.68. The van der Waals surface area contributed by atoms with E-state index in [4.69, 9.17) is 9.47 Å². The standard InChI is InChI=1S/C16H25NO3/c1-5-7-10-17(6-2)16(18)12-13-11-14(19-3)8-9-15(13)20-4/h8-9,11H,5-7,10,12H2,1-4H3. The van der Waals surface area contributed by atoms with Gasteiger partial charge in [0.05, 0.1) is 20.6 Å². The van der Waals surface area contributed by atoms with Crippen LogP contribution in [0.3, 0.4) is 0 Å². The third-order valence-electron chi connectivity index (χ3n) is 3.35. The molecule has 112 valence electrons. The lowest BCUT2D eigenvalue weighted by atomic mass is 10.1. The van der Waals surface area contributed by atoms with Gasteiger partial charge in [-0.05, 0) is 31.5 Å². The summed E-state index contributed by atoms with van der Waals surface area (Å²) in [5.74, 6) is 1.60. The molecule has 0 aliphatic rings. The summed E-state index contributed by atoms with van der Waals surface area (Å²) in [6.07, 6.45) is 2.47. The van der Waals surface area contributed by atoms with Crippen LogP contribution in [0.4, 0.5) is 0 Å². The number of ether oxygens (including phenoxy) is 2. The van der Waals surface area contributed by atoms with Gasteiger partial charge in [0, 0.05) is 18.7 Å². The Morgan fingerprint density at radius 3 is 2.50 bits per heavy atom. The second kappa shape index (κ2) is 8.46. The molecule has 0 spiro atoms. The number of rotatable bonds is 8. The molecule has 0 aromatic heterocycles. The minimum Gasteiger partial charge on any atom is -0.497 e. The Kier molecular flexibility index (Phi) is 6.91. The SMILES string of the molecule is CCCCN(CC)C(=O)Cc1cc(OC)ccc1OC. The predicted octanol–water partition coefficient (Wildman–Crippen LogP) is 2.89. The molecule has 4 nitrogen and oxygen atoms in total. The topological polar surface area (TPSA) is 38.8 Å². The summed E-state index contributed by atoms with van der Waals surface area (Å²) in [4.78, 5) is 14.2. The van der Waals surface area contributed by atoms with E-state index in [9.17, 15) is 4.79 Å². The van der Waals surface area contributed by atoms with Gasteiger partial charge in [-0.3, -0.25) is 4.79 Å². The third kappa shape index (κ3) is 4.44. The first-order chi connectivity index (χ1) is 9.65. The molecule has 1 aromatic rings. The zero-order chi connectivity index (χ0) is 15.0. The monoisotopic (exact) mass is 279 g/mol. The van der Waals surface area contributed by atoms with Crippen molar-refractivity contribution in [3.8, 4) is 11.5 Å². The molecule has 0 heterocycles. The van der Waals surface area contributed by atoms with Crippen LogP contribution in [0.2, 0.25) is 0 Å². The van der Waals surface area contributed by atoms with Crippen LogP contribution >= 0.6 is 0 Å². The van der Waals surface area contributed by atoms with Gasteiger partial charge in [-0.15, -0.1) is 0 Å². The number of benzene rings is 1. The highest BCUT2D eigenvalue weighted by Gasteiger charge is 2.15. The maximum Gasteiger partial charge on any atom is 0.227 e. The van der Waals surface area contributed by atoms with Crippen LogP contribution < -0.4 is 9.47 Å². The van der Waals surface area contributed by atoms with Crippen LogP contribution in [0, 0.1) is 0 Å². The lowest BCUT2D eigenvalue weighted by Crippen LogP contribution is -2.33. The predicted molar refractivity (Wildman–Crippen MR) is 80.4 cm³/mol. The molecule has 0 unspecified atom stereocenters. The van der Waals surface area contributed by atoms with Crippen LogP contribution in [-0.2, 0) is 11.2 Å². The average Bonchev–Trinajstić information content (AvgIpc) is 2.47. The first-order valence-corrected chi connectivity index (χ1v) is 7.14. The third-order valence-corrected chi connectivity index (χ3v) is 3.35. The molecular weight excluding hydrogens is 254 g/mol. The van der Waals surface area contributed by atoms with Crippen molar-refractivity contribution in [1.82, 2.24) is 4.90 Å². The number of likely N-dealkylation sites (N-methyl/N-ethyl adjacent to an activating group) is 1. The van der Waals surface area contributed by atoms with Gasteiger partial charge in [0.15, 0.2) is 0 Å². The molecule has 0 saturated heterocycles. The van der Waals surface area contributed by atoms with Crippen molar-refractivity contribution < 1.29 is 14.3 Å². The Morgan fingerprint density at radius 2 is 1.95 bits per heavy atom. The summed E-state index contributed by atoms with van der Waals surface area (Å²) >= 11 is 0. The molecule has 0 radical (unpaired) electrons. The van der Waals surface area contributed by atoms with E-state index >= 15 is 0 Å². The van der Waals surface area contributed by atoms with Gasteiger partial charge in [-0.25, -0.2) is 0 Å². The Hall–Kier alpha value is -1.71. The molecule has 0 aliphatic heterocycles. The van der Waals surface area contributed by atoms with E-state index in [1.807, 2.05) is 30.0 Å². The molecule has 0 fully saturated rings. The number of carbonyl (C=O) groups excluding carboxylic acids is 1. The molecule has 0 bridgehead atoms. The molecule has 4 heteroatoms. The Labute approximate surface area is 121 Å². The number of nitrogens with zero attached hydrogens (tertiary/aromatic N) is 1. The normalized spacial score (nSPS) is 10.2. The van der Waals surface area contributed by atoms with E-state index in [1.54, 1.807) is 14.2 Å². The number of carbonyl (C=O) groups is 1. The highest BCUT2D eigenvalue weighted by atomic mass is 16.5. The average molecular weight is 279 g/mol. The van der Waals surface area contributed by atoms with Crippen LogP contribution in [0.1, 0.15) is 32.3 Å². The summed E-state index contributed by atoms with van der Waals surface area (Å²) in [6.45, 7) is 5.70. The number of amides is 1. The van der Waals surface area contributed by atoms with Crippen LogP contribution in [0.25, 0.3) is 0 Å². The maximum atomic E-state index is 12.3. The van der Waals surface area contributed by atoms with Crippen molar-refractivity contribution >= 4 is 5.91 Å².